The van der Waals surface area contributed by atoms with E-state index in [1.54, 1.807) is 0 Å². The molecular formula is C24H30N2O2. The zero-order chi connectivity index (χ0) is 19.3. The minimum Gasteiger partial charge on any atom is -0.480 e. The van der Waals surface area contributed by atoms with E-state index in [0.717, 1.165) is 51.6 Å². The number of hydrogen-bond donors (Lipinski definition) is 1. The van der Waals surface area contributed by atoms with Crippen molar-refractivity contribution in [3.8, 4) is 0 Å². The van der Waals surface area contributed by atoms with Crippen molar-refractivity contribution in [2.75, 3.05) is 24.5 Å². The van der Waals surface area contributed by atoms with Crippen LogP contribution < -0.4 is 4.90 Å². The average Bonchev–Trinajstić information content (AvgIpc) is 2.86. The smallest absolute Gasteiger partial charge is 0.317 e. The number of hydrogen-bond acceptors (Lipinski definition) is 3. The van der Waals surface area contributed by atoms with Gasteiger partial charge in [-0.3, -0.25) is 9.69 Å². The van der Waals surface area contributed by atoms with Crippen LogP contribution in [-0.2, 0) is 17.6 Å². The van der Waals surface area contributed by atoms with Crippen LogP contribution in [0.1, 0.15) is 43.2 Å². The number of piperidine rings is 1. The number of carboxylic acid groups (broad SMARTS) is 1. The third-order valence-electron chi connectivity index (χ3n) is 6.23. The van der Waals surface area contributed by atoms with Crippen molar-refractivity contribution in [2.24, 2.45) is 0 Å². The molecule has 2 aliphatic rings. The number of nitrogens with zero attached hydrogens (tertiary/aromatic N) is 2. The molecule has 2 aliphatic heterocycles. The molecule has 0 bridgehead atoms. The summed E-state index contributed by atoms with van der Waals surface area (Å²) in [7, 11) is 0. The van der Waals surface area contributed by atoms with E-state index in [9.17, 15) is 9.90 Å². The number of carboxylic acids is 1. The van der Waals surface area contributed by atoms with Crippen LogP contribution in [-0.4, -0.2) is 41.7 Å². The molecule has 28 heavy (non-hydrogen) atoms. The zero-order valence-corrected chi connectivity index (χ0v) is 16.5. The Labute approximate surface area is 167 Å². The Morgan fingerprint density at radius 3 is 2.25 bits per heavy atom. The first-order valence-corrected chi connectivity index (χ1v) is 10.6. The van der Waals surface area contributed by atoms with Crippen LogP contribution in [0.5, 0.6) is 0 Å². The fourth-order valence-electron chi connectivity index (χ4n) is 4.86. The minimum atomic E-state index is -0.706. The lowest BCUT2D eigenvalue weighted by Crippen LogP contribution is -2.42. The highest BCUT2D eigenvalue weighted by Crippen LogP contribution is 2.36. The quantitative estimate of drug-likeness (QED) is 0.795. The van der Waals surface area contributed by atoms with Crippen LogP contribution in [0.15, 0.2) is 48.5 Å². The number of anilines is 2. The zero-order valence-electron chi connectivity index (χ0n) is 16.5. The summed E-state index contributed by atoms with van der Waals surface area (Å²) in [5, 5.41) is 9.21. The lowest BCUT2D eigenvalue weighted by molar-refractivity contribution is -0.139. The maximum absolute atomic E-state index is 11.2. The van der Waals surface area contributed by atoms with Crippen molar-refractivity contribution in [2.45, 2.75) is 51.0 Å². The SMILES string of the molecule is O=C(O)CN1CCCCC1CCCN1c2ccccc2CCc2ccccc21. The molecule has 1 atom stereocenters. The molecule has 0 aliphatic carbocycles. The molecular weight excluding hydrogens is 348 g/mol. The second kappa shape index (κ2) is 8.78. The van der Waals surface area contributed by atoms with Crippen molar-refractivity contribution in [1.82, 2.24) is 4.90 Å². The Hall–Kier alpha value is -2.33. The van der Waals surface area contributed by atoms with Gasteiger partial charge in [0.2, 0.25) is 0 Å². The second-order valence-electron chi connectivity index (χ2n) is 8.07. The molecule has 1 saturated heterocycles. The van der Waals surface area contributed by atoms with Gasteiger partial charge in [-0.1, -0.05) is 42.8 Å². The van der Waals surface area contributed by atoms with E-state index in [4.69, 9.17) is 0 Å². The maximum Gasteiger partial charge on any atom is 0.317 e. The van der Waals surface area contributed by atoms with Crippen molar-refractivity contribution in [3.05, 3.63) is 59.7 Å². The Morgan fingerprint density at radius 2 is 1.61 bits per heavy atom. The number of carbonyl (C=O) groups is 1. The molecule has 4 nitrogen and oxygen atoms in total. The summed E-state index contributed by atoms with van der Waals surface area (Å²) in [6.45, 7) is 2.08. The number of para-hydroxylation sites is 2. The van der Waals surface area contributed by atoms with Gasteiger partial charge in [0.05, 0.1) is 6.54 Å². The molecule has 0 spiro atoms. The molecule has 0 radical (unpaired) electrons. The van der Waals surface area contributed by atoms with E-state index in [1.807, 2.05) is 0 Å². The summed E-state index contributed by atoms with van der Waals surface area (Å²) < 4.78 is 0. The van der Waals surface area contributed by atoms with Crippen LogP contribution in [0, 0.1) is 0 Å². The molecule has 1 fully saturated rings. The molecule has 1 unspecified atom stereocenters. The first kappa shape index (κ1) is 19.0. The standard InChI is InChI=1S/C24H30N2O2/c27-24(28)18-25-16-6-5-10-21(25)11-7-17-26-22-12-3-1-8-19(22)14-15-20-9-2-4-13-23(20)26/h1-4,8-9,12-13,21H,5-7,10-11,14-18H2,(H,27,28). The Balaban J connectivity index is 1.49. The lowest BCUT2D eigenvalue weighted by atomic mass is 9.97. The molecule has 0 aromatic heterocycles. The van der Waals surface area contributed by atoms with E-state index in [0.29, 0.717) is 6.04 Å². The van der Waals surface area contributed by atoms with Gasteiger partial charge in [-0.2, -0.15) is 0 Å². The van der Waals surface area contributed by atoms with Gasteiger partial charge in [0.1, 0.15) is 0 Å². The van der Waals surface area contributed by atoms with Crippen molar-refractivity contribution in [1.29, 1.82) is 0 Å². The molecule has 2 aromatic rings. The van der Waals surface area contributed by atoms with Gasteiger partial charge in [-0.25, -0.2) is 0 Å². The number of fused-ring (bicyclic) bond motifs is 2. The third kappa shape index (κ3) is 4.22. The van der Waals surface area contributed by atoms with Crippen LogP contribution in [0.3, 0.4) is 0 Å². The predicted octanol–water partition coefficient (Wildman–Crippen LogP) is 4.64. The van der Waals surface area contributed by atoms with Crippen LogP contribution in [0.25, 0.3) is 0 Å². The summed E-state index contributed by atoms with van der Waals surface area (Å²) in [6, 6.07) is 17.9. The summed E-state index contributed by atoms with van der Waals surface area (Å²) in [6.07, 6.45) is 7.77. The number of likely N-dealkylation sites (tertiary alicyclic amines) is 1. The molecule has 148 valence electrons. The molecule has 4 heteroatoms. The minimum absolute atomic E-state index is 0.181. The van der Waals surface area contributed by atoms with Crippen LogP contribution in [0.4, 0.5) is 11.4 Å². The number of aryl methyl sites for hydroxylation is 2. The highest BCUT2D eigenvalue weighted by Gasteiger charge is 2.25. The normalized spacial score (nSPS) is 19.6. The first-order valence-electron chi connectivity index (χ1n) is 10.6. The molecule has 4 rings (SSSR count). The average molecular weight is 379 g/mol. The van der Waals surface area contributed by atoms with Gasteiger partial charge < -0.3 is 10.0 Å². The van der Waals surface area contributed by atoms with Crippen molar-refractivity contribution < 1.29 is 9.90 Å². The highest BCUT2D eigenvalue weighted by atomic mass is 16.4. The maximum atomic E-state index is 11.2. The highest BCUT2D eigenvalue weighted by molar-refractivity contribution is 5.71. The fraction of sp³-hybridized carbons (Fsp3) is 0.458. The number of benzene rings is 2. The second-order valence-corrected chi connectivity index (χ2v) is 8.07. The molecule has 1 N–H and O–H groups in total. The summed E-state index contributed by atoms with van der Waals surface area (Å²) in [5.74, 6) is -0.706. The Bertz CT molecular complexity index is 772. The van der Waals surface area contributed by atoms with E-state index >= 15 is 0 Å². The third-order valence-corrected chi connectivity index (χ3v) is 6.23. The fourth-order valence-corrected chi connectivity index (χ4v) is 4.86. The van der Waals surface area contributed by atoms with Gasteiger partial charge >= 0.3 is 5.97 Å². The van der Waals surface area contributed by atoms with Gasteiger partial charge in [-0.15, -0.1) is 0 Å². The van der Waals surface area contributed by atoms with E-state index in [-0.39, 0.29) is 6.54 Å². The summed E-state index contributed by atoms with van der Waals surface area (Å²) in [5.41, 5.74) is 5.50. The number of aliphatic carboxylic acids is 1. The monoisotopic (exact) mass is 378 g/mol. The van der Waals surface area contributed by atoms with Crippen molar-refractivity contribution in [3.63, 3.8) is 0 Å². The van der Waals surface area contributed by atoms with E-state index in [1.165, 1.54) is 28.9 Å². The molecule has 0 saturated carbocycles. The van der Waals surface area contributed by atoms with Crippen molar-refractivity contribution >= 4 is 17.3 Å². The Morgan fingerprint density at radius 1 is 0.964 bits per heavy atom. The van der Waals surface area contributed by atoms with Gasteiger partial charge in [0.15, 0.2) is 0 Å². The topological polar surface area (TPSA) is 43.8 Å². The Kier molecular flexibility index (Phi) is 5.96. The lowest BCUT2D eigenvalue weighted by Gasteiger charge is -2.35. The van der Waals surface area contributed by atoms with Gasteiger partial charge in [0.25, 0.3) is 0 Å². The van der Waals surface area contributed by atoms with E-state index in [2.05, 4.69) is 58.3 Å². The van der Waals surface area contributed by atoms with E-state index < -0.39 is 5.97 Å². The summed E-state index contributed by atoms with van der Waals surface area (Å²) in [4.78, 5) is 15.9. The first-order chi connectivity index (χ1) is 13.7. The predicted molar refractivity (Wildman–Crippen MR) is 113 cm³/mol. The van der Waals surface area contributed by atoms with Gasteiger partial charge in [0, 0.05) is 24.0 Å². The largest absolute Gasteiger partial charge is 0.480 e. The van der Waals surface area contributed by atoms with Gasteiger partial charge in [-0.05, 0) is 68.3 Å². The molecule has 2 aromatic carbocycles. The number of rotatable bonds is 6. The molecule has 0 amide bonds. The summed E-state index contributed by atoms with van der Waals surface area (Å²) >= 11 is 0. The molecule has 2 heterocycles. The van der Waals surface area contributed by atoms with Crippen LogP contribution >= 0.6 is 0 Å². The van der Waals surface area contributed by atoms with Crippen LogP contribution in [0.2, 0.25) is 0 Å².